The van der Waals surface area contributed by atoms with E-state index in [9.17, 15) is 18.8 Å². The van der Waals surface area contributed by atoms with Gasteiger partial charge in [-0.05, 0) is 83.0 Å². The van der Waals surface area contributed by atoms with E-state index >= 15 is 0 Å². The second-order valence-corrected chi connectivity index (χ2v) is 8.70. The highest BCUT2D eigenvalue weighted by molar-refractivity contribution is 9.10. The minimum Gasteiger partial charge on any atom is -0.490 e. The van der Waals surface area contributed by atoms with Crippen molar-refractivity contribution in [2.75, 3.05) is 11.9 Å². The van der Waals surface area contributed by atoms with E-state index in [-0.39, 0.29) is 16.7 Å². The van der Waals surface area contributed by atoms with Crippen molar-refractivity contribution in [2.24, 2.45) is 0 Å². The molecule has 1 saturated heterocycles. The summed E-state index contributed by atoms with van der Waals surface area (Å²) in [6, 6.07) is 10.7. The van der Waals surface area contributed by atoms with Crippen LogP contribution in [0.2, 0.25) is 0 Å². The van der Waals surface area contributed by atoms with Crippen LogP contribution in [0, 0.1) is 5.82 Å². The van der Waals surface area contributed by atoms with Crippen LogP contribution in [0.1, 0.15) is 25.8 Å². The lowest BCUT2D eigenvalue weighted by atomic mass is 10.2. The standard InChI is InChI=1S/C22H20BrFN2O4S/c1-3-13(2)30-18-8-7-14(9-17(18)23)10-19-21(28)26(22(29)31-19)12-20(27)25-16-6-4-5-15(24)11-16/h4-11,13H,3,12H2,1-2H3,(H,25,27)/b19-10+/t13-/m1/s1. The molecular formula is C22H20BrFN2O4S. The number of halogens is 2. The Morgan fingerprint density at radius 1 is 1.29 bits per heavy atom. The molecule has 0 aromatic heterocycles. The number of thioether (sulfide) groups is 1. The number of carbonyl (C=O) groups excluding carboxylic acids is 3. The Balaban J connectivity index is 1.68. The van der Waals surface area contributed by atoms with Gasteiger partial charge in [-0.1, -0.05) is 19.1 Å². The number of nitrogens with one attached hydrogen (secondary N) is 1. The summed E-state index contributed by atoms with van der Waals surface area (Å²) < 4.78 is 19.8. The van der Waals surface area contributed by atoms with E-state index in [1.54, 1.807) is 24.3 Å². The van der Waals surface area contributed by atoms with Crippen molar-refractivity contribution < 1.29 is 23.5 Å². The molecule has 0 unspecified atom stereocenters. The van der Waals surface area contributed by atoms with Gasteiger partial charge >= 0.3 is 0 Å². The Kier molecular flexibility index (Phi) is 7.50. The molecule has 1 aliphatic heterocycles. The first kappa shape index (κ1) is 23.0. The third-order valence-electron chi connectivity index (χ3n) is 4.44. The molecule has 6 nitrogen and oxygen atoms in total. The zero-order valence-corrected chi connectivity index (χ0v) is 19.3. The Morgan fingerprint density at radius 3 is 2.74 bits per heavy atom. The van der Waals surface area contributed by atoms with E-state index in [1.165, 1.54) is 18.2 Å². The highest BCUT2D eigenvalue weighted by atomic mass is 79.9. The number of benzene rings is 2. The third kappa shape index (κ3) is 5.95. The van der Waals surface area contributed by atoms with Gasteiger partial charge in [0.05, 0.1) is 15.5 Å². The Morgan fingerprint density at radius 2 is 2.06 bits per heavy atom. The Hall–Kier alpha value is -2.65. The summed E-state index contributed by atoms with van der Waals surface area (Å²) >= 11 is 4.22. The quantitative estimate of drug-likeness (QED) is 0.506. The van der Waals surface area contributed by atoms with Crippen molar-refractivity contribution in [2.45, 2.75) is 26.4 Å². The molecule has 0 radical (unpaired) electrons. The molecule has 0 spiro atoms. The summed E-state index contributed by atoms with van der Waals surface area (Å²) in [6.07, 6.45) is 2.53. The van der Waals surface area contributed by atoms with Crippen LogP contribution in [0.25, 0.3) is 6.08 Å². The molecule has 2 aromatic carbocycles. The fourth-order valence-corrected chi connectivity index (χ4v) is 4.03. The molecule has 2 aromatic rings. The summed E-state index contributed by atoms with van der Waals surface area (Å²) in [4.78, 5) is 38.2. The smallest absolute Gasteiger partial charge is 0.294 e. The van der Waals surface area contributed by atoms with Crippen molar-refractivity contribution in [1.29, 1.82) is 0 Å². The zero-order valence-electron chi connectivity index (χ0n) is 16.9. The molecule has 1 heterocycles. The van der Waals surface area contributed by atoms with Crippen LogP contribution in [0.15, 0.2) is 51.8 Å². The number of ether oxygens (including phenoxy) is 1. The zero-order chi connectivity index (χ0) is 22.5. The van der Waals surface area contributed by atoms with Gasteiger partial charge in [0.2, 0.25) is 5.91 Å². The molecule has 1 fully saturated rings. The molecule has 31 heavy (non-hydrogen) atoms. The van der Waals surface area contributed by atoms with Crippen LogP contribution < -0.4 is 10.1 Å². The van der Waals surface area contributed by atoms with E-state index < -0.39 is 29.4 Å². The van der Waals surface area contributed by atoms with E-state index in [0.717, 1.165) is 33.6 Å². The van der Waals surface area contributed by atoms with Crippen molar-refractivity contribution in [1.82, 2.24) is 4.90 Å². The maximum Gasteiger partial charge on any atom is 0.294 e. The maximum atomic E-state index is 13.2. The SMILES string of the molecule is CC[C@@H](C)Oc1ccc(/C=C2/SC(=O)N(CC(=O)Nc3cccc(F)c3)C2=O)cc1Br. The minimum absolute atomic E-state index is 0.0668. The Labute approximate surface area is 192 Å². The largest absolute Gasteiger partial charge is 0.490 e. The summed E-state index contributed by atoms with van der Waals surface area (Å²) in [5.74, 6) is -0.962. The second kappa shape index (κ2) is 10.1. The summed E-state index contributed by atoms with van der Waals surface area (Å²) in [5, 5.41) is 1.94. The number of carbonyl (C=O) groups is 3. The molecular weight excluding hydrogens is 487 g/mol. The van der Waals surface area contributed by atoms with Gasteiger partial charge in [-0.15, -0.1) is 0 Å². The first-order valence-electron chi connectivity index (χ1n) is 9.53. The van der Waals surface area contributed by atoms with Gasteiger partial charge in [0.1, 0.15) is 18.1 Å². The molecule has 9 heteroatoms. The third-order valence-corrected chi connectivity index (χ3v) is 5.97. The number of hydrogen-bond acceptors (Lipinski definition) is 5. The van der Waals surface area contributed by atoms with Crippen molar-refractivity contribution >= 4 is 56.5 Å². The highest BCUT2D eigenvalue weighted by Gasteiger charge is 2.36. The van der Waals surface area contributed by atoms with Gasteiger partial charge in [-0.3, -0.25) is 19.3 Å². The Bertz CT molecular complexity index is 1060. The molecule has 0 saturated carbocycles. The predicted octanol–water partition coefficient (Wildman–Crippen LogP) is 5.44. The van der Waals surface area contributed by atoms with Gasteiger partial charge in [0.25, 0.3) is 11.1 Å². The monoisotopic (exact) mass is 506 g/mol. The van der Waals surface area contributed by atoms with Gasteiger partial charge in [0, 0.05) is 5.69 Å². The van der Waals surface area contributed by atoms with Gasteiger partial charge < -0.3 is 10.1 Å². The van der Waals surface area contributed by atoms with Crippen LogP contribution in [0.5, 0.6) is 5.75 Å². The van der Waals surface area contributed by atoms with Crippen LogP contribution >= 0.6 is 27.7 Å². The lowest BCUT2D eigenvalue weighted by Gasteiger charge is -2.14. The summed E-state index contributed by atoms with van der Waals surface area (Å²) in [7, 11) is 0. The summed E-state index contributed by atoms with van der Waals surface area (Å²) in [6.45, 7) is 3.55. The normalized spacial score (nSPS) is 16.0. The number of nitrogens with zero attached hydrogens (tertiary/aromatic N) is 1. The molecule has 3 rings (SSSR count). The van der Waals surface area contributed by atoms with E-state index in [2.05, 4.69) is 21.2 Å². The van der Waals surface area contributed by atoms with Crippen molar-refractivity contribution in [3.8, 4) is 5.75 Å². The summed E-state index contributed by atoms with van der Waals surface area (Å²) in [5.41, 5.74) is 0.954. The lowest BCUT2D eigenvalue weighted by Crippen LogP contribution is -2.36. The lowest BCUT2D eigenvalue weighted by molar-refractivity contribution is -0.127. The molecule has 3 amide bonds. The van der Waals surface area contributed by atoms with Crippen LogP contribution in [0.4, 0.5) is 14.9 Å². The first-order valence-corrected chi connectivity index (χ1v) is 11.1. The van der Waals surface area contributed by atoms with Crippen LogP contribution in [-0.2, 0) is 9.59 Å². The predicted molar refractivity (Wildman–Crippen MR) is 122 cm³/mol. The van der Waals surface area contributed by atoms with Gasteiger partial charge in [0.15, 0.2) is 0 Å². The van der Waals surface area contributed by atoms with E-state index in [0.29, 0.717) is 11.3 Å². The average Bonchev–Trinajstić information content (AvgIpc) is 2.97. The van der Waals surface area contributed by atoms with Gasteiger partial charge in [-0.2, -0.15) is 0 Å². The molecule has 0 aliphatic carbocycles. The van der Waals surface area contributed by atoms with Crippen molar-refractivity contribution in [3.63, 3.8) is 0 Å². The maximum absolute atomic E-state index is 13.2. The highest BCUT2D eigenvalue weighted by Crippen LogP contribution is 2.34. The fourth-order valence-electron chi connectivity index (χ4n) is 2.70. The van der Waals surface area contributed by atoms with Crippen LogP contribution in [0.3, 0.4) is 0 Å². The number of hydrogen-bond donors (Lipinski definition) is 1. The van der Waals surface area contributed by atoms with Crippen LogP contribution in [-0.4, -0.2) is 34.6 Å². The molecule has 1 aliphatic rings. The number of imide groups is 1. The fraction of sp³-hybridized carbons (Fsp3) is 0.227. The topological polar surface area (TPSA) is 75.7 Å². The van der Waals surface area contributed by atoms with Crippen molar-refractivity contribution in [3.05, 3.63) is 63.2 Å². The van der Waals surface area contributed by atoms with E-state index in [4.69, 9.17) is 4.74 Å². The number of rotatable bonds is 7. The molecule has 0 bridgehead atoms. The number of anilines is 1. The van der Waals surface area contributed by atoms with E-state index in [1.807, 2.05) is 13.8 Å². The minimum atomic E-state index is -0.594. The van der Waals surface area contributed by atoms with Gasteiger partial charge in [-0.25, -0.2) is 4.39 Å². The first-order chi connectivity index (χ1) is 14.8. The molecule has 1 atom stereocenters. The molecule has 1 N–H and O–H groups in total. The second-order valence-electron chi connectivity index (χ2n) is 6.85. The average molecular weight is 507 g/mol. The molecule has 162 valence electrons. The number of amides is 3.